The van der Waals surface area contributed by atoms with Crippen LogP contribution in [0.2, 0.25) is 0 Å². The Labute approximate surface area is 531 Å². The molecule has 3 rings (SSSR count). The zero-order chi connectivity index (χ0) is 67.6. The van der Waals surface area contributed by atoms with Gasteiger partial charge in [-0.15, -0.1) is 0 Å². The maximum absolute atomic E-state index is 13.1. The van der Waals surface area contributed by atoms with Gasteiger partial charge in [0.1, 0.15) is 43.7 Å². The first-order valence-electron chi connectivity index (χ1n) is 31.3. The van der Waals surface area contributed by atoms with Crippen molar-refractivity contribution >= 4 is 65.6 Å². The highest BCUT2D eigenvalue weighted by Crippen LogP contribution is 2.36. The van der Waals surface area contributed by atoms with Crippen LogP contribution >= 0.6 is 0 Å². The van der Waals surface area contributed by atoms with E-state index in [0.717, 1.165) is 88.5 Å². The number of carbonyl (C=O) groups is 11. The van der Waals surface area contributed by atoms with Crippen LogP contribution in [0.5, 0.6) is 0 Å². The second kappa shape index (κ2) is 42.9. The second-order valence-corrected chi connectivity index (χ2v) is 22.4. The number of amides is 1. The molecule has 3 saturated heterocycles. The van der Waals surface area contributed by atoms with E-state index in [2.05, 4.69) is 17.6 Å². The molecule has 3 fully saturated rings. The molecule has 0 radical (unpaired) electrons. The van der Waals surface area contributed by atoms with Gasteiger partial charge in [-0.25, -0.2) is 0 Å². The quantitative estimate of drug-likeness (QED) is 0.0500. The van der Waals surface area contributed by atoms with Crippen molar-refractivity contribution in [2.45, 2.75) is 271 Å². The lowest BCUT2D eigenvalue weighted by atomic mass is 9.94. The smallest absolute Gasteiger partial charge is 0.303 e. The Morgan fingerprint density at radius 3 is 1.21 bits per heavy atom. The fourth-order valence-electron chi connectivity index (χ4n) is 10.5. The Balaban J connectivity index is 1.98. The Morgan fingerprint density at radius 2 is 0.769 bits per heavy atom. The van der Waals surface area contributed by atoms with Gasteiger partial charge < -0.3 is 91.2 Å². The van der Waals surface area contributed by atoms with Crippen LogP contribution < -0.4 is 10.6 Å². The van der Waals surface area contributed by atoms with Crippen LogP contribution in [0, 0.1) is 0 Å². The molecule has 0 aromatic carbocycles. The molecule has 1 amide bonds. The van der Waals surface area contributed by atoms with Gasteiger partial charge in [0.15, 0.2) is 67.7 Å². The normalized spacial score (nSPS) is 26.5. The van der Waals surface area contributed by atoms with Gasteiger partial charge >= 0.3 is 59.7 Å². The third kappa shape index (κ3) is 30.9. The number of carbonyl (C=O) groups excluding carboxylic acids is 11. The van der Waals surface area contributed by atoms with Crippen LogP contribution in [0.3, 0.4) is 0 Å². The minimum atomic E-state index is -1.96. The zero-order valence-electron chi connectivity index (χ0n) is 54.7. The van der Waals surface area contributed by atoms with Gasteiger partial charge in [0.25, 0.3) is 0 Å². The van der Waals surface area contributed by atoms with Crippen molar-refractivity contribution < 1.29 is 133 Å². The van der Waals surface area contributed by atoms with Crippen molar-refractivity contribution in [3.05, 3.63) is 0 Å². The second-order valence-electron chi connectivity index (χ2n) is 22.4. The average molecular weight is 1310 g/mol. The van der Waals surface area contributed by atoms with E-state index in [4.69, 9.17) is 80.5 Å². The molecule has 3 aliphatic heterocycles. The molecule has 520 valence electrons. The fraction of sp³-hybridized carbons (Fsp3) is 0.820. The van der Waals surface area contributed by atoms with Crippen LogP contribution in [-0.4, -0.2) is 216 Å². The summed E-state index contributed by atoms with van der Waals surface area (Å²) in [5, 5.41) is 5.68. The number of unbranched alkanes of at least 4 members (excludes halogenated alkanes) is 13. The van der Waals surface area contributed by atoms with Gasteiger partial charge in [0, 0.05) is 95.9 Å². The lowest BCUT2D eigenvalue weighted by Crippen LogP contribution is -2.69. The van der Waals surface area contributed by atoms with E-state index < -0.39 is 184 Å². The van der Waals surface area contributed by atoms with E-state index in [0.29, 0.717) is 6.61 Å². The van der Waals surface area contributed by atoms with E-state index >= 15 is 0 Å². The average Bonchev–Trinajstić information content (AvgIpc) is 0.815. The topological polar surface area (TPSA) is 369 Å². The summed E-state index contributed by atoms with van der Waals surface area (Å²) in [6.07, 6.45) is -7.69. The van der Waals surface area contributed by atoms with Crippen LogP contribution in [0.1, 0.15) is 173 Å². The number of nitrogens with one attached hydrogen (secondary N) is 2. The molecule has 3 heterocycles. The highest BCUT2D eigenvalue weighted by atomic mass is 16.8. The van der Waals surface area contributed by atoms with Crippen molar-refractivity contribution in [3.8, 4) is 0 Å². The molecule has 30 nitrogen and oxygen atoms in total. The molecule has 0 spiro atoms. The molecule has 0 aromatic rings. The molecule has 91 heavy (non-hydrogen) atoms. The number of rotatable bonds is 41. The summed E-state index contributed by atoms with van der Waals surface area (Å²) in [6, 6.07) is -1.65. The van der Waals surface area contributed by atoms with Crippen molar-refractivity contribution in [1.82, 2.24) is 10.6 Å². The van der Waals surface area contributed by atoms with Crippen LogP contribution in [0.25, 0.3) is 0 Å². The first-order chi connectivity index (χ1) is 43.2. The first kappa shape index (κ1) is 79.1. The van der Waals surface area contributed by atoms with Crippen molar-refractivity contribution in [2.24, 2.45) is 0 Å². The van der Waals surface area contributed by atoms with E-state index in [1.165, 1.54) is 77.6 Å². The van der Waals surface area contributed by atoms with Gasteiger partial charge in [-0.1, -0.05) is 90.4 Å². The SMILES string of the molecule is CCCCCCCCCCCCCCCCOCC(CNCCO[C@@H]1O[C@H](CO[C@H]2O[C@H](COC(C)=O)[C@@H](OC(C)=O)[C@H](OC(C)=O)[C@@H]2O[C@@H]2O[C@H](COC(C)=O)[C@@H](OC(C)=O)[C@H](OC(C)=O)[C@H]2NC(C)=O)[C@@H](OC(C)=O)[C@H](OC(C)=O)[C@H]1OC(C)=O)OC(C)=O. The van der Waals surface area contributed by atoms with Gasteiger partial charge in [-0.05, 0) is 6.42 Å². The van der Waals surface area contributed by atoms with Crippen molar-refractivity contribution in [3.63, 3.8) is 0 Å². The molecule has 1 unspecified atom stereocenters. The summed E-state index contributed by atoms with van der Waals surface area (Å²) >= 11 is 0. The van der Waals surface area contributed by atoms with E-state index in [9.17, 15) is 52.7 Å². The summed E-state index contributed by atoms with van der Waals surface area (Å²) in [5.41, 5.74) is 0. The number of esters is 10. The Kier molecular flexibility index (Phi) is 37.3. The lowest BCUT2D eigenvalue weighted by Gasteiger charge is -2.49. The molecule has 2 N–H and O–H groups in total. The van der Waals surface area contributed by atoms with E-state index in [-0.39, 0.29) is 26.3 Å². The number of hydrogen-bond donors (Lipinski definition) is 2. The molecule has 30 heteroatoms. The summed E-state index contributed by atoms with van der Waals surface area (Å²) in [5.74, 6) is -9.59. The minimum Gasteiger partial charge on any atom is -0.463 e. The largest absolute Gasteiger partial charge is 0.463 e. The van der Waals surface area contributed by atoms with Gasteiger partial charge in [0.2, 0.25) is 5.91 Å². The minimum absolute atomic E-state index is 0.0558. The predicted octanol–water partition coefficient (Wildman–Crippen LogP) is 3.75. The molecule has 16 atom stereocenters. The predicted molar refractivity (Wildman–Crippen MR) is 312 cm³/mol. The molecular weight excluding hydrogens is 1210 g/mol. The molecule has 0 bridgehead atoms. The number of ether oxygens (including phenoxy) is 17. The summed E-state index contributed by atoms with van der Waals surface area (Å²) < 4.78 is 99.7. The highest BCUT2D eigenvalue weighted by Gasteiger charge is 2.58. The Bertz CT molecular complexity index is 2310. The van der Waals surface area contributed by atoms with E-state index in [1.54, 1.807) is 0 Å². The standard InChI is InChI=1S/C61H98N2O28/c1-13-14-15-16-17-18-19-20-21-22-23-24-25-26-28-75-31-46(80-38(5)67)30-62-27-29-76-60-57(87-45(12)74)55(85-43(10)72)53(83-41(8)70)49(89-60)34-79-61-58(56(86-44(11)73)52(82-40(7)69)48(90-61)33-78-37(4)66)91-59-50(63-35(2)64)54(84-42(9)71)51(81-39(6)68)47(88-59)32-77-36(3)65/h46-62H,13-34H2,1-12H3,(H,63,64)/t46?,47-,48-,49-,50-,51-,52-,53-,54-,55+,56+,57-,58+,59+,60-,61+/m1/s1. The Hall–Kier alpha value is -6.15. The van der Waals surface area contributed by atoms with Crippen LogP contribution in [0.15, 0.2) is 0 Å². The molecular formula is C61H98N2O28. The molecule has 0 aliphatic carbocycles. The number of hydrogen-bond acceptors (Lipinski definition) is 29. The zero-order valence-corrected chi connectivity index (χ0v) is 54.7. The van der Waals surface area contributed by atoms with Crippen LogP contribution in [0.4, 0.5) is 0 Å². The van der Waals surface area contributed by atoms with Crippen molar-refractivity contribution in [1.29, 1.82) is 0 Å². The van der Waals surface area contributed by atoms with Gasteiger partial charge in [-0.3, -0.25) is 52.7 Å². The first-order valence-corrected chi connectivity index (χ1v) is 31.3. The van der Waals surface area contributed by atoms with Crippen molar-refractivity contribution in [2.75, 3.05) is 52.7 Å². The maximum atomic E-state index is 13.1. The molecule has 3 aliphatic rings. The van der Waals surface area contributed by atoms with E-state index in [1.807, 2.05) is 0 Å². The maximum Gasteiger partial charge on any atom is 0.303 e. The van der Waals surface area contributed by atoms with Crippen LogP contribution in [-0.2, 0) is 133 Å². The highest BCUT2D eigenvalue weighted by molar-refractivity contribution is 5.74. The molecule has 0 aromatic heterocycles. The third-order valence-electron chi connectivity index (χ3n) is 14.1. The summed E-state index contributed by atoms with van der Waals surface area (Å²) in [4.78, 5) is 139. The summed E-state index contributed by atoms with van der Waals surface area (Å²) in [6.45, 7) is 12.2. The molecule has 0 saturated carbocycles. The van der Waals surface area contributed by atoms with Gasteiger partial charge in [0.05, 0.1) is 19.8 Å². The fourth-order valence-corrected chi connectivity index (χ4v) is 10.5. The lowest BCUT2D eigenvalue weighted by molar-refractivity contribution is -0.364. The monoisotopic (exact) mass is 1310 g/mol. The summed E-state index contributed by atoms with van der Waals surface area (Å²) in [7, 11) is 0. The third-order valence-corrected chi connectivity index (χ3v) is 14.1. The van der Waals surface area contributed by atoms with Gasteiger partial charge in [-0.2, -0.15) is 0 Å². The Morgan fingerprint density at radius 1 is 0.385 bits per heavy atom.